The molecule has 0 saturated carbocycles. The fraction of sp³-hybridized carbons (Fsp3) is 0.353. The number of methoxy groups -OCH3 is 2. The zero-order valence-corrected chi connectivity index (χ0v) is 28.8. The number of hydrogen-bond donors (Lipinski definition) is 2. The maximum atomic E-state index is 13.3. The van der Waals surface area contributed by atoms with Gasteiger partial charge in [0.05, 0.1) is 24.8 Å². The van der Waals surface area contributed by atoms with Gasteiger partial charge in [-0.25, -0.2) is 0 Å². The van der Waals surface area contributed by atoms with Crippen molar-refractivity contribution in [3.8, 4) is 11.5 Å². The largest absolute Gasteiger partial charge is 0.496 e. The van der Waals surface area contributed by atoms with Crippen molar-refractivity contribution >= 4 is 58.4 Å². The summed E-state index contributed by atoms with van der Waals surface area (Å²) >= 11 is 1.30. The van der Waals surface area contributed by atoms with Gasteiger partial charge in [0.2, 0.25) is 0 Å². The van der Waals surface area contributed by atoms with Crippen LogP contribution in [0.2, 0.25) is 0 Å². The molecule has 0 unspecified atom stereocenters. The van der Waals surface area contributed by atoms with Crippen molar-refractivity contribution in [3.63, 3.8) is 0 Å². The van der Waals surface area contributed by atoms with E-state index in [1.807, 2.05) is 0 Å². The Labute approximate surface area is 291 Å². The smallest absolute Gasteiger partial charge is 0.303 e. The minimum Gasteiger partial charge on any atom is -0.496 e. The standard InChI is InChI=1S/C34H36N2O13S/c1-17(37)45-16-27-30(46-18(2)38)32(48-20(4)40)31(47-19(3)39)29(49-27)23-14-26(44-6)24(15-25(23)43-5)36-33(41)21-9-11-22(12-10-21)35-34(42)28-8-7-13-50-28/h7-15,27,29-32H,16H2,1-6H3,(H,35,42)(H,36,41)/t27-,29+,30-,31+,32+/m1/s1. The maximum Gasteiger partial charge on any atom is 0.303 e. The van der Waals surface area contributed by atoms with Crippen LogP contribution in [0.25, 0.3) is 0 Å². The molecule has 16 heteroatoms. The zero-order chi connectivity index (χ0) is 36.5. The SMILES string of the molecule is COc1cc([C@@H]2O[C@H](COC(C)=O)[C@@H](OC(C)=O)[C@H](OC(C)=O)[C@H]2OC(C)=O)c(OC)cc1NC(=O)c1ccc(NC(=O)c2cccs2)cc1. The van der Waals surface area contributed by atoms with Gasteiger partial charge in [-0.3, -0.25) is 28.8 Å². The summed E-state index contributed by atoms with van der Waals surface area (Å²) in [6, 6.07) is 12.6. The van der Waals surface area contributed by atoms with E-state index in [2.05, 4.69) is 10.6 Å². The van der Waals surface area contributed by atoms with E-state index in [-0.39, 0.29) is 34.2 Å². The average molecular weight is 713 g/mol. The number of hydrogen-bond acceptors (Lipinski definition) is 14. The summed E-state index contributed by atoms with van der Waals surface area (Å²) in [6.07, 6.45) is -6.61. The monoisotopic (exact) mass is 712 g/mol. The van der Waals surface area contributed by atoms with Crippen molar-refractivity contribution in [1.82, 2.24) is 0 Å². The first-order valence-corrected chi connectivity index (χ1v) is 16.0. The Balaban J connectivity index is 1.68. The molecule has 0 bridgehead atoms. The normalized spacial score (nSPS) is 19.7. The fourth-order valence-corrected chi connectivity index (χ4v) is 5.84. The van der Waals surface area contributed by atoms with Crippen molar-refractivity contribution in [1.29, 1.82) is 0 Å². The number of nitrogens with one attached hydrogen (secondary N) is 2. The van der Waals surface area contributed by atoms with Gasteiger partial charge in [0.15, 0.2) is 18.3 Å². The number of ether oxygens (including phenoxy) is 7. The van der Waals surface area contributed by atoms with Crippen molar-refractivity contribution in [2.75, 3.05) is 31.5 Å². The van der Waals surface area contributed by atoms with E-state index < -0.39 is 66.9 Å². The second-order valence-corrected chi connectivity index (χ2v) is 11.8. The molecule has 1 aliphatic heterocycles. The number of carbonyl (C=O) groups excluding carboxylic acids is 6. The molecule has 2 heterocycles. The second kappa shape index (κ2) is 16.8. The first-order valence-electron chi connectivity index (χ1n) is 15.1. The Morgan fingerprint density at radius 3 is 1.90 bits per heavy atom. The molecule has 4 rings (SSSR count). The Kier molecular flexibility index (Phi) is 12.5. The highest BCUT2D eigenvalue weighted by molar-refractivity contribution is 7.12. The number of esters is 4. The molecule has 0 radical (unpaired) electrons. The molecular weight excluding hydrogens is 676 g/mol. The topological polar surface area (TPSA) is 191 Å². The molecule has 3 aromatic rings. The van der Waals surface area contributed by atoms with Crippen LogP contribution in [-0.4, -0.2) is 80.9 Å². The molecule has 266 valence electrons. The van der Waals surface area contributed by atoms with E-state index in [1.165, 1.54) is 56.7 Å². The van der Waals surface area contributed by atoms with Gasteiger partial charge in [0.25, 0.3) is 11.8 Å². The van der Waals surface area contributed by atoms with Gasteiger partial charge in [-0.1, -0.05) is 6.07 Å². The van der Waals surface area contributed by atoms with Crippen LogP contribution in [0, 0.1) is 0 Å². The van der Waals surface area contributed by atoms with Crippen LogP contribution in [0.15, 0.2) is 53.9 Å². The van der Waals surface area contributed by atoms with Crippen molar-refractivity contribution in [3.05, 3.63) is 69.9 Å². The predicted octanol–water partition coefficient (Wildman–Crippen LogP) is 4.07. The minimum absolute atomic E-state index is 0.133. The zero-order valence-electron chi connectivity index (χ0n) is 28.0. The van der Waals surface area contributed by atoms with Crippen LogP contribution < -0.4 is 20.1 Å². The quantitative estimate of drug-likeness (QED) is 0.202. The molecule has 15 nitrogen and oxygen atoms in total. The van der Waals surface area contributed by atoms with Gasteiger partial charge < -0.3 is 43.8 Å². The van der Waals surface area contributed by atoms with E-state index in [1.54, 1.807) is 29.6 Å². The first-order chi connectivity index (χ1) is 23.8. The van der Waals surface area contributed by atoms with E-state index >= 15 is 0 Å². The Bertz CT molecular complexity index is 1730. The molecule has 5 atom stereocenters. The summed E-state index contributed by atoms with van der Waals surface area (Å²) in [4.78, 5) is 74.6. The Morgan fingerprint density at radius 2 is 1.34 bits per heavy atom. The lowest BCUT2D eigenvalue weighted by atomic mass is 9.89. The third kappa shape index (κ3) is 9.35. The third-order valence-electron chi connectivity index (χ3n) is 7.25. The summed E-state index contributed by atoms with van der Waals surface area (Å²) in [5, 5.41) is 7.34. The van der Waals surface area contributed by atoms with Crippen molar-refractivity contribution in [2.24, 2.45) is 0 Å². The molecular formula is C34H36N2O13S. The number of benzene rings is 2. The van der Waals surface area contributed by atoms with Crippen molar-refractivity contribution < 1.29 is 61.9 Å². The van der Waals surface area contributed by atoms with Crippen LogP contribution in [0.4, 0.5) is 11.4 Å². The summed E-state index contributed by atoms with van der Waals surface area (Å²) in [5.74, 6) is -3.48. The average Bonchev–Trinajstić information content (AvgIpc) is 3.61. The highest BCUT2D eigenvalue weighted by Gasteiger charge is 2.53. The highest BCUT2D eigenvalue weighted by Crippen LogP contribution is 2.44. The van der Waals surface area contributed by atoms with Crippen LogP contribution in [-0.2, 0) is 42.9 Å². The first kappa shape index (κ1) is 37.3. The summed E-state index contributed by atoms with van der Waals surface area (Å²) < 4.78 is 39.3. The van der Waals surface area contributed by atoms with Gasteiger partial charge in [0.1, 0.15) is 30.3 Å². The number of thiophene rings is 1. The number of amides is 2. The summed E-state index contributed by atoms with van der Waals surface area (Å²) in [7, 11) is 2.71. The molecule has 0 spiro atoms. The summed E-state index contributed by atoms with van der Waals surface area (Å²) in [5.41, 5.74) is 1.18. The minimum atomic E-state index is -1.41. The molecule has 2 aromatic carbocycles. The third-order valence-corrected chi connectivity index (χ3v) is 8.12. The van der Waals surface area contributed by atoms with Gasteiger partial charge >= 0.3 is 23.9 Å². The van der Waals surface area contributed by atoms with Gasteiger partial charge in [-0.05, 0) is 41.8 Å². The molecule has 1 fully saturated rings. The van der Waals surface area contributed by atoms with Crippen LogP contribution in [0.1, 0.15) is 59.4 Å². The number of anilines is 2. The van der Waals surface area contributed by atoms with E-state index in [9.17, 15) is 28.8 Å². The fourth-order valence-electron chi connectivity index (χ4n) is 5.22. The lowest BCUT2D eigenvalue weighted by molar-refractivity contribution is -0.254. The lowest BCUT2D eigenvalue weighted by Gasteiger charge is -2.44. The molecule has 0 aliphatic carbocycles. The lowest BCUT2D eigenvalue weighted by Crippen LogP contribution is -2.59. The van der Waals surface area contributed by atoms with Crippen LogP contribution in [0.5, 0.6) is 11.5 Å². The van der Waals surface area contributed by atoms with Crippen LogP contribution in [0.3, 0.4) is 0 Å². The second-order valence-electron chi connectivity index (χ2n) is 10.9. The number of rotatable bonds is 12. The van der Waals surface area contributed by atoms with Gasteiger partial charge in [-0.15, -0.1) is 11.3 Å². The van der Waals surface area contributed by atoms with E-state index in [0.717, 1.165) is 20.8 Å². The Hall–Kier alpha value is -5.48. The Morgan fingerprint density at radius 1 is 0.720 bits per heavy atom. The van der Waals surface area contributed by atoms with Crippen LogP contribution >= 0.6 is 11.3 Å². The van der Waals surface area contributed by atoms with Crippen molar-refractivity contribution in [2.45, 2.75) is 58.2 Å². The molecule has 1 aromatic heterocycles. The summed E-state index contributed by atoms with van der Waals surface area (Å²) in [6.45, 7) is 4.13. The maximum absolute atomic E-state index is 13.3. The predicted molar refractivity (Wildman–Crippen MR) is 177 cm³/mol. The van der Waals surface area contributed by atoms with Gasteiger partial charge in [-0.2, -0.15) is 0 Å². The molecule has 1 aliphatic rings. The van der Waals surface area contributed by atoms with E-state index in [0.29, 0.717) is 10.6 Å². The number of carbonyl (C=O) groups is 6. The highest BCUT2D eigenvalue weighted by atomic mass is 32.1. The van der Waals surface area contributed by atoms with Gasteiger partial charge in [0, 0.05) is 50.6 Å². The molecule has 50 heavy (non-hydrogen) atoms. The molecule has 2 amide bonds. The van der Waals surface area contributed by atoms with E-state index in [4.69, 9.17) is 33.2 Å². The molecule has 1 saturated heterocycles. The molecule has 2 N–H and O–H groups in total.